The monoisotopic (exact) mass is 359 g/mol. The van der Waals surface area contributed by atoms with E-state index in [9.17, 15) is 17.6 Å². The largest absolute Gasteiger partial charge is 0.353 e. The van der Waals surface area contributed by atoms with Crippen molar-refractivity contribution in [3.63, 3.8) is 0 Å². The van der Waals surface area contributed by atoms with Crippen molar-refractivity contribution in [1.29, 1.82) is 0 Å². The second-order valence-electron chi connectivity index (χ2n) is 5.35. The minimum absolute atomic E-state index is 0.0710. The highest BCUT2D eigenvalue weighted by atomic mass is 32.2. The summed E-state index contributed by atoms with van der Waals surface area (Å²) < 4.78 is 39.8. The Labute approximate surface area is 143 Å². The number of hydrogen-bond acceptors (Lipinski definition) is 4. The summed E-state index contributed by atoms with van der Waals surface area (Å²) >= 11 is 0. The number of amides is 1. The first-order chi connectivity index (χ1) is 11.3. The van der Waals surface area contributed by atoms with Crippen molar-refractivity contribution in [2.45, 2.75) is 38.1 Å². The number of hydrogen-bond donors (Lipinski definition) is 2. The van der Waals surface area contributed by atoms with Gasteiger partial charge in [-0.25, -0.2) is 12.8 Å². The van der Waals surface area contributed by atoms with Gasteiger partial charge < -0.3 is 10.2 Å². The zero-order valence-electron chi connectivity index (χ0n) is 14.4. The first kappa shape index (κ1) is 20.5. The smallest absolute Gasteiger partial charge is 0.241 e. The van der Waals surface area contributed by atoms with Crippen molar-refractivity contribution in [3.05, 3.63) is 30.1 Å². The van der Waals surface area contributed by atoms with Gasteiger partial charge in [0.2, 0.25) is 15.9 Å². The van der Waals surface area contributed by atoms with Crippen LogP contribution >= 0.6 is 0 Å². The Morgan fingerprint density at radius 3 is 2.25 bits per heavy atom. The van der Waals surface area contributed by atoms with Gasteiger partial charge in [-0.3, -0.25) is 4.79 Å². The molecule has 1 rings (SSSR count). The standard InChI is InChI=1S/C16H26FN3O3S/c1-4-15(16(21)18-11-12-20(5-2)6-3)19-24(22,23)14-9-7-13(17)8-10-14/h7-10,15,19H,4-6,11-12H2,1-3H3,(H,18,21). The zero-order chi connectivity index (χ0) is 18.2. The second-order valence-corrected chi connectivity index (χ2v) is 7.07. The van der Waals surface area contributed by atoms with E-state index in [0.29, 0.717) is 19.5 Å². The van der Waals surface area contributed by atoms with Gasteiger partial charge in [0.25, 0.3) is 0 Å². The van der Waals surface area contributed by atoms with Crippen LogP contribution in [0.2, 0.25) is 0 Å². The first-order valence-corrected chi connectivity index (χ1v) is 9.60. The summed E-state index contributed by atoms with van der Waals surface area (Å²) in [4.78, 5) is 14.3. The van der Waals surface area contributed by atoms with Crippen molar-refractivity contribution < 1.29 is 17.6 Å². The van der Waals surface area contributed by atoms with E-state index < -0.39 is 21.9 Å². The lowest BCUT2D eigenvalue weighted by Crippen LogP contribution is -2.47. The van der Waals surface area contributed by atoms with Crippen LogP contribution in [-0.2, 0) is 14.8 Å². The summed E-state index contributed by atoms with van der Waals surface area (Å²) in [7, 11) is -3.87. The van der Waals surface area contributed by atoms with Gasteiger partial charge in [0.05, 0.1) is 4.90 Å². The summed E-state index contributed by atoms with van der Waals surface area (Å²) in [5, 5.41) is 2.75. The molecule has 1 aromatic rings. The fourth-order valence-electron chi connectivity index (χ4n) is 2.19. The number of benzene rings is 1. The van der Waals surface area contributed by atoms with E-state index in [1.807, 2.05) is 13.8 Å². The Balaban J connectivity index is 2.65. The normalized spacial score (nSPS) is 13.0. The van der Waals surface area contributed by atoms with E-state index in [1.54, 1.807) is 6.92 Å². The van der Waals surface area contributed by atoms with E-state index in [-0.39, 0.29) is 10.8 Å². The van der Waals surface area contributed by atoms with Crippen LogP contribution in [0.1, 0.15) is 27.2 Å². The van der Waals surface area contributed by atoms with E-state index in [0.717, 1.165) is 25.2 Å². The first-order valence-electron chi connectivity index (χ1n) is 8.12. The molecule has 1 amide bonds. The summed E-state index contributed by atoms with van der Waals surface area (Å²) in [6, 6.07) is 3.61. The quantitative estimate of drug-likeness (QED) is 0.661. The molecule has 136 valence electrons. The number of rotatable bonds is 10. The molecule has 0 heterocycles. The Hall–Kier alpha value is -1.51. The summed E-state index contributed by atoms with van der Waals surface area (Å²) in [6.07, 6.45) is 0.317. The molecular formula is C16H26FN3O3S. The molecule has 0 aliphatic rings. The lowest BCUT2D eigenvalue weighted by molar-refractivity contribution is -0.122. The third-order valence-corrected chi connectivity index (χ3v) is 5.26. The summed E-state index contributed by atoms with van der Waals surface area (Å²) in [5.41, 5.74) is 0. The molecule has 0 aromatic heterocycles. The number of carbonyl (C=O) groups excluding carboxylic acids is 1. The van der Waals surface area contributed by atoms with E-state index in [1.165, 1.54) is 12.1 Å². The van der Waals surface area contributed by atoms with Gasteiger partial charge in [-0.1, -0.05) is 20.8 Å². The molecule has 1 unspecified atom stereocenters. The van der Waals surface area contributed by atoms with Gasteiger partial charge in [-0.15, -0.1) is 0 Å². The van der Waals surface area contributed by atoms with Gasteiger partial charge in [-0.2, -0.15) is 4.72 Å². The molecule has 0 fully saturated rings. The van der Waals surface area contributed by atoms with Crippen LogP contribution in [0.3, 0.4) is 0 Å². The molecule has 0 spiro atoms. The molecule has 8 heteroatoms. The van der Waals surface area contributed by atoms with Crippen LogP contribution in [0, 0.1) is 5.82 Å². The van der Waals surface area contributed by atoms with Crippen LogP contribution in [0.5, 0.6) is 0 Å². The molecule has 1 atom stereocenters. The SMILES string of the molecule is CCC(NS(=O)(=O)c1ccc(F)cc1)C(=O)NCCN(CC)CC. The third kappa shape index (κ3) is 6.18. The van der Waals surface area contributed by atoms with Gasteiger partial charge in [0.1, 0.15) is 11.9 Å². The number of halogens is 1. The molecule has 0 radical (unpaired) electrons. The summed E-state index contributed by atoms with van der Waals surface area (Å²) in [5.74, 6) is -0.884. The van der Waals surface area contributed by atoms with Gasteiger partial charge in [0.15, 0.2) is 0 Å². The number of nitrogens with one attached hydrogen (secondary N) is 2. The van der Waals surface area contributed by atoms with Crippen LogP contribution in [0.25, 0.3) is 0 Å². The van der Waals surface area contributed by atoms with Gasteiger partial charge >= 0.3 is 0 Å². The van der Waals surface area contributed by atoms with Crippen molar-refractivity contribution >= 4 is 15.9 Å². The minimum atomic E-state index is -3.87. The number of carbonyl (C=O) groups is 1. The maximum absolute atomic E-state index is 12.9. The van der Waals surface area contributed by atoms with Crippen LogP contribution in [-0.4, -0.2) is 51.4 Å². The lowest BCUT2D eigenvalue weighted by atomic mass is 10.2. The lowest BCUT2D eigenvalue weighted by Gasteiger charge is -2.20. The molecule has 0 bridgehead atoms. The molecule has 6 nitrogen and oxygen atoms in total. The number of likely N-dealkylation sites (N-methyl/N-ethyl adjacent to an activating group) is 1. The van der Waals surface area contributed by atoms with Crippen LogP contribution < -0.4 is 10.0 Å². The molecule has 0 aliphatic heterocycles. The van der Waals surface area contributed by atoms with E-state index in [4.69, 9.17) is 0 Å². The second kappa shape index (κ2) is 9.71. The van der Waals surface area contributed by atoms with Gasteiger partial charge in [0, 0.05) is 13.1 Å². The highest BCUT2D eigenvalue weighted by Gasteiger charge is 2.24. The Bertz CT molecular complexity index is 616. The number of nitrogens with zero attached hydrogens (tertiary/aromatic N) is 1. The predicted molar refractivity (Wildman–Crippen MR) is 91.6 cm³/mol. The molecule has 24 heavy (non-hydrogen) atoms. The Morgan fingerprint density at radius 2 is 1.75 bits per heavy atom. The maximum atomic E-state index is 12.9. The average molecular weight is 359 g/mol. The van der Waals surface area contributed by atoms with Crippen LogP contribution in [0.4, 0.5) is 4.39 Å². The van der Waals surface area contributed by atoms with E-state index >= 15 is 0 Å². The Morgan fingerprint density at radius 1 is 1.17 bits per heavy atom. The van der Waals surface area contributed by atoms with Gasteiger partial charge in [-0.05, 0) is 43.8 Å². The molecule has 1 aromatic carbocycles. The Kier molecular flexibility index (Phi) is 8.30. The molecule has 0 saturated carbocycles. The van der Waals surface area contributed by atoms with Crippen molar-refractivity contribution in [3.8, 4) is 0 Å². The molecule has 0 aliphatic carbocycles. The topological polar surface area (TPSA) is 78.5 Å². The molecule has 2 N–H and O–H groups in total. The fourth-order valence-corrected chi connectivity index (χ4v) is 3.47. The summed E-state index contributed by atoms with van der Waals surface area (Å²) in [6.45, 7) is 8.74. The highest BCUT2D eigenvalue weighted by Crippen LogP contribution is 2.11. The van der Waals surface area contributed by atoms with Crippen molar-refractivity contribution in [2.24, 2.45) is 0 Å². The fraction of sp³-hybridized carbons (Fsp3) is 0.562. The minimum Gasteiger partial charge on any atom is -0.353 e. The zero-order valence-corrected chi connectivity index (χ0v) is 15.2. The highest BCUT2D eigenvalue weighted by molar-refractivity contribution is 7.89. The average Bonchev–Trinajstić information content (AvgIpc) is 2.56. The van der Waals surface area contributed by atoms with Crippen molar-refractivity contribution in [2.75, 3.05) is 26.2 Å². The van der Waals surface area contributed by atoms with E-state index in [2.05, 4.69) is 14.9 Å². The van der Waals surface area contributed by atoms with Crippen molar-refractivity contribution in [1.82, 2.24) is 14.9 Å². The third-order valence-electron chi connectivity index (χ3n) is 3.77. The number of sulfonamides is 1. The molecular weight excluding hydrogens is 333 g/mol. The maximum Gasteiger partial charge on any atom is 0.241 e. The molecule has 0 saturated heterocycles. The van der Waals surface area contributed by atoms with Crippen LogP contribution in [0.15, 0.2) is 29.2 Å². The predicted octanol–water partition coefficient (Wildman–Crippen LogP) is 1.34.